The fraction of sp³-hybridized carbons (Fsp3) is 0.483. The van der Waals surface area contributed by atoms with Gasteiger partial charge in [0.05, 0.1) is 11.9 Å². The summed E-state index contributed by atoms with van der Waals surface area (Å²) in [4.78, 5) is 23.8. The molecule has 198 valence electrons. The average molecular weight is 525 g/mol. The van der Waals surface area contributed by atoms with Crippen molar-refractivity contribution in [2.45, 2.75) is 83.0 Å². The Balaban J connectivity index is 1.33. The van der Waals surface area contributed by atoms with Crippen molar-refractivity contribution in [1.82, 2.24) is 5.32 Å². The molecule has 2 heterocycles. The maximum absolute atomic E-state index is 11.9. The molecule has 0 aliphatic carbocycles. The molecule has 7 nitrogen and oxygen atoms in total. The van der Waals surface area contributed by atoms with Crippen LogP contribution in [0.15, 0.2) is 36.4 Å². The third-order valence-electron chi connectivity index (χ3n) is 6.87. The zero-order chi connectivity index (χ0) is 26.4. The summed E-state index contributed by atoms with van der Waals surface area (Å²) < 4.78 is 18.2. The molecule has 2 aliphatic rings. The molecule has 2 aliphatic heterocycles. The number of fused-ring (bicyclic) bond motifs is 1. The fourth-order valence-corrected chi connectivity index (χ4v) is 5.44. The second kappa shape index (κ2) is 12.0. The van der Waals surface area contributed by atoms with Crippen LogP contribution in [0.25, 0.3) is 0 Å². The number of hydrogen-bond acceptors (Lipinski definition) is 7. The predicted molar refractivity (Wildman–Crippen MR) is 146 cm³/mol. The number of esters is 1. The van der Waals surface area contributed by atoms with Gasteiger partial charge in [-0.3, -0.25) is 15.0 Å². The highest BCUT2D eigenvalue weighted by Gasteiger charge is 2.33. The van der Waals surface area contributed by atoms with Gasteiger partial charge in [0.1, 0.15) is 22.8 Å². The van der Waals surface area contributed by atoms with Gasteiger partial charge in [0.15, 0.2) is 5.17 Å². The minimum atomic E-state index is -0.339. The van der Waals surface area contributed by atoms with Crippen molar-refractivity contribution in [3.8, 4) is 17.2 Å². The molecule has 2 N–H and O–H groups in total. The molecule has 2 aromatic rings. The number of hydrogen-bond donors (Lipinski definition) is 2. The molecule has 2 aromatic carbocycles. The topological polar surface area (TPSA) is 97.7 Å². The number of carbonyl (C=O) groups excluding carboxylic acids is 2. The molecular weight excluding hydrogens is 488 g/mol. The summed E-state index contributed by atoms with van der Waals surface area (Å²) in [6.45, 7) is 6.61. The predicted octanol–water partition coefficient (Wildman–Crippen LogP) is 5.61. The van der Waals surface area contributed by atoms with Crippen LogP contribution in [0.4, 0.5) is 0 Å². The van der Waals surface area contributed by atoms with Crippen molar-refractivity contribution in [2.75, 3.05) is 6.61 Å². The maximum atomic E-state index is 11.9. The van der Waals surface area contributed by atoms with E-state index in [4.69, 9.17) is 19.6 Å². The van der Waals surface area contributed by atoms with E-state index in [1.807, 2.05) is 30.3 Å². The molecule has 37 heavy (non-hydrogen) atoms. The molecule has 4 rings (SSSR count). The van der Waals surface area contributed by atoms with Gasteiger partial charge in [-0.1, -0.05) is 44.2 Å². The van der Waals surface area contributed by atoms with E-state index in [0.717, 1.165) is 66.7 Å². The fourth-order valence-electron chi connectivity index (χ4n) is 4.55. The Morgan fingerprint density at radius 3 is 2.70 bits per heavy atom. The minimum absolute atomic E-state index is 0.103. The van der Waals surface area contributed by atoms with E-state index in [0.29, 0.717) is 25.2 Å². The summed E-state index contributed by atoms with van der Waals surface area (Å²) in [5.41, 5.74) is 2.80. The lowest BCUT2D eigenvalue weighted by atomic mass is 9.89. The number of nitrogens with one attached hydrogen (secondary N) is 2. The first kappa shape index (κ1) is 27.0. The van der Waals surface area contributed by atoms with Crippen LogP contribution in [0.5, 0.6) is 17.2 Å². The number of unbranched alkanes of at least 4 members (excludes halogenated alkanes) is 1. The summed E-state index contributed by atoms with van der Waals surface area (Å²) >= 11 is 1.26. The van der Waals surface area contributed by atoms with E-state index in [1.54, 1.807) is 6.92 Å². The van der Waals surface area contributed by atoms with Gasteiger partial charge in [0.25, 0.3) is 0 Å². The number of amidine groups is 1. The summed E-state index contributed by atoms with van der Waals surface area (Å²) in [5.74, 6) is 2.01. The van der Waals surface area contributed by atoms with E-state index in [9.17, 15) is 9.59 Å². The van der Waals surface area contributed by atoms with Crippen LogP contribution in [-0.2, 0) is 28.9 Å². The average Bonchev–Trinajstić information content (AvgIpc) is 3.19. The highest BCUT2D eigenvalue weighted by molar-refractivity contribution is 8.15. The highest BCUT2D eigenvalue weighted by atomic mass is 32.2. The number of rotatable bonds is 11. The first-order valence-corrected chi connectivity index (χ1v) is 14.0. The van der Waals surface area contributed by atoms with E-state index >= 15 is 0 Å². The third kappa shape index (κ3) is 7.06. The Kier molecular flexibility index (Phi) is 8.79. The van der Waals surface area contributed by atoms with Gasteiger partial charge in [0.2, 0.25) is 5.91 Å². The summed E-state index contributed by atoms with van der Waals surface area (Å²) in [6.07, 6.45) is 6.33. The molecule has 1 fully saturated rings. The van der Waals surface area contributed by atoms with Crippen LogP contribution in [-0.4, -0.2) is 34.5 Å². The normalized spacial score (nSPS) is 20.7. The van der Waals surface area contributed by atoms with Crippen molar-refractivity contribution in [2.24, 2.45) is 0 Å². The zero-order valence-corrected chi connectivity index (χ0v) is 22.7. The molecule has 1 saturated heterocycles. The Morgan fingerprint density at radius 1 is 1.24 bits per heavy atom. The quantitative estimate of drug-likeness (QED) is 0.293. The maximum Gasteiger partial charge on any atom is 0.310 e. The number of benzene rings is 2. The summed E-state index contributed by atoms with van der Waals surface area (Å²) in [5, 5.41) is 10.1. The lowest BCUT2D eigenvalue weighted by Crippen LogP contribution is -2.38. The molecule has 1 amide bonds. The molecule has 0 spiro atoms. The molecule has 0 saturated carbocycles. The van der Waals surface area contributed by atoms with Crippen LogP contribution in [0.1, 0.15) is 69.6 Å². The lowest BCUT2D eigenvalue weighted by Gasteiger charge is -2.36. The standard InChI is InChI=1S/C29H36N2O5S/c1-4-6-7-20-18-24-21(17-23(20)35-26(32)5-2)12-13-29(3,36-24)14-15-34-22-10-8-19(9-11-22)16-25-27(33)31-28(30)37-25/h8-11,17-18,25H,4-7,12-16H2,1-3H3,(H2,30,31,33). The van der Waals surface area contributed by atoms with Crippen LogP contribution in [0, 0.1) is 5.41 Å². The van der Waals surface area contributed by atoms with Crippen LogP contribution in [0.2, 0.25) is 0 Å². The molecular formula is C29H36N2O5S. The zero-order valence-electron chi connectivity index (χ0n) is 21.9. The first-order valence-electron chi connectivity index (χ1n) is 13.1. The number of aryl methyl sites for hydroxylation is 2. The van der Waals surface area contributed by atoms with Gasteiger partial charge >= 0.3 is 5.97 Å². The summed E-state index contributed by atoms with van der Waals surface area (Å²) in [7, 11) is 0. The monoisotopic (exact) mass is 524 g/mol. The van der Waals surface area contributed by atoms with E-state index < -0.39 is 0 Å². The first-order chi connectivity index (χ1) is 17.8. The number of ether oxygens (including phenoxy) is 3. The second-order valence-electron chi connectivity index (χ2n) is 9.92. The van der Waals surface area contributed by atoms with Gasteiger partial charge in [-0.2, -0.15) is 0 Å². The molecule has 8 heteroatoms. The SMILES string of the molecule is CCCCc1cc2c(cc1OC(=O)CC)CCC(C)(CCOc1ccc(CC3SC(=N)NC3=O)cc1)O2. The van der Waals surface area contributed by atoms with Gasteiger partial charge in [-0.15, -0.1) is 0 Å². The van der Waals surface area contributed by atoms with Crippen molar-refractivity contribution in [1.29, 1.82) is 5.41 Å². The molecule has 0 radical (unpaired) electrons. The van der Waals surface area contributed by atoms with Crippen molar-refractivity contribution in [3.63, 3.8) is 0 Å². The number of carbonyl (C=O) groups is 2. The van der Waals surface area contributed by atoms with Crippen LogP contribution >= 0.6 is 11.8 Å². The van der Waals surface area contributed by atoms with Gasteiger partial charge in [0, 0.05) is 12.8 Å². The molecule has 2 unspecified atom stereocenters. The third-order valence-corrected chi connectivity index (χ3v) is 7.87. The van der Waals surface area contributed by atoms with E-state index in [2.05, 4.69) is 25.2 Å². The lowest BCUT2D eigenvalue weighted by molar-refractivity contribution is -0.134. The highest BCUT2D eigenvalue weighted by Crippen LogP contribution is 2.39. The van der Waals surface area contributed by atoms with Crippen LogP contribution < -0.4 is 19.5 Å². The van der Waals surface area contributed by atoms with Crippen molar-refractivity contribution < 1.29 is 23.8 Å². The summed E-state index contributed by atoms with van der Waals surface area (Å²) in [6, 6.07) is 11.8. The Morgan fingerprint density at radius 2 is 2.03 bits per heavy atom. The van der Waals surface area contributed by atoms with Crippen LogP contribution in [0.3, 0.4) is 0 Å². The van der Waals surface area contributed by atoms with Gasteiger partial charge < -0.3 is 19.5 Å². The number of amides is 1. The Bertz CT molecular complexity index is 1150. The van der Waals surface area contributed by atoms with Gasteiger partial charge in [-0.05, 0) is 80.0 Å². The second-order valence-corrected chi connectivity index (χ2v) is 11.1. The number of thioether (sulfide) groups is 1. The molecule has 2 atom stereocenters. The smallest absolute Gasteiger partial charge is 0.310 e. The van der Waals surface area contributed by atoms with E-state index in [-0.39, 0.29) is 27.9 Å². The Labute approximate surface area is 223 Å². The van der Waals surface area contributed by atoms with Gasteiger partial charge in [-0.25, -0.2) is 0 Å². The molecule has 0 bridgehead atoms. The van der Waals surface area contributed by atoms with E-state index in [1.165, 1.54) is 11.8 Å². The molecule has 0 aromatic heterocycles. The largest absolute Gasteiger partial charge is 0.493 e. The minimum Gasteiger partial charge on any atom is -0.493 e. The van der Waals surface area contributed by atoms with Crippen molar-refractivity contribution in [3.05, 3.63) is 53.1 Å². The van der Waals surface area contributed by atoms with Crippen molar-refractivity contribution >= 4 is 28.8 Å². The Hall–Kier alpha value is -3.00.